The molecule has 1 aliphatic heterocycles. The van der Waals surface area contributed by atoms with Crippen LogP contribution < -0.4 is 15.8 Å². The van der Waals surface area contributed by atoms with E-state index in [2.05, 4.69) is 10.4 Å². The Morgan fingerprint density at radius 2 is 2.04 bits per heavy atom. The van der Waals surface area contributed by atoms with Crippen molar-refractivity contribution in [2.24, 2.45) is 0 Å². The second-order valence-electron chi connectivity index (χ2n) is 5.97. The first-order valence-electron chi connectivity index (χ1n) is 8.54. The Bertz CT molecular complexity index is 914. The molecule has 0 spiro atoms. The average molecular weight is 407 g/mol. The van der Waals surface area contributed by atoms with Gasteiger partial charge in [-0.05, 0) is 31.0 Å². The quantitative estimate of drug-likeness (QED) is 0.789. The number of nitrogens with one attached hydrogen (secondary N) is 1. The molecule has 9 heteroatoms. The molecule has 0 atom stereocenters. The van der Waals surface area contributed by atoms with Crippen molar-refractivity contribution < 1.29 is 9.59 Å². The van der Waals surface area contributed by atoms with Gasteiger partial charge in [-0.1, -0.05) is 23.7 Å². The first-order valence-corrected chi connectivity index (χ1v) is 9.90. The third kappa shape index (κ3) is 4.51. The molecule has 2 aromatic rings. The monoisotopic (exact) mass is 406 g/mol. The van der Waals surface area contributed by atoms with E-state index in [-0.39, 0.29) is 24.1 Å². The fourth-order valence-corrected chi connectivity index (χ4v) is 3.81. The Morgan fingerprint density at radius 3 is 2.74 bits per heavy atom. The van der Waals surface area contributed by atoms with Gasteiger partial charge in [0.15, 0.2) is 0 Å². The Hall–Kier alpha value is -2.32. The van der Waals surface area contributed by atoms with Crippen LogP contribution in [0.15, 0.2) is 40.2 Å². The molecule has 27 heavy (non-hydrogen) atoms. The Labute approximate surface area is 165 Å². The van der Waals surface area contributed by atoms with Crippen molar-refractivity contribution in [1.82, 2.24) is 15.1 Å². The number of hydrogen-bond donors (Lipinski definition) is 1. The van der Waals surface area contributed by atoms with Gasteiger partial charge in [0.25, 0.3) is 5.56 Å². The number of aromatic nitrogens is 2. The maximum atomic E-state index is 12.7. The van der Waals surface area contributed by atoms with Gasteiger partial charge < -0.3 is 10.2 Å². The number of anilines is 1. The van der Waals surface area contributed by atoms with E-state index in [1.807, 2.05) is 19.1 Å². The lowest BCUT2D eigenvalue weighted by molar-refractivity contribution is -0.121. The molecular formula is C18H19ClN4O3S. The van der Waals surface area contributed by atoms with E-state index < -0.39 is 5.56 Å². The molecule has 142 valence electrons. The van der Waals surface area contributed by atoms with E-state index in [1.165, 1.54) is 22.9 Å². The van der Waals surface area contributed by atoms with E-state index in [0.29, 0.717) is 35.1 Å². The number of thioether (sulfide) groups is 1. The minimum atomic E-state index is -0.428. The molecule has 0 saturated heterocycles. The third-order valence-corrected chi connectivity index (χ3v) is 5.42. The van der Waals surface area contributed by atoms with Crippen molar-refractivity contribution in [1.29, 1.82) is 0 Å². The highest BCUT2D eigenvalue weighted by Crippen LogP contribution is 2.31. The molecule has 3 rings (SSSR count). The summed E-state index contributed by atoms with van der Waals surface area (Å²) in [5.74, 6) is -0.134. The Kier molecular flexibility index (Phi) is 6.18. The summed E-state index contributed by atoms with van der Waals surface area (Å²) >= 11 is 7.14. The topological polar surface area (TPSA) is 84.3 Å². The molecule has 0 fully saturated rings. The van der Waals surface area contributed by atoms with Gasteiger partial charge in [0.05, 0.1) is 16.8 Å². The molecule has 1 aliphatic rings. The maximum absolute atomic E-state index is 12.7. The van der Waals surface area contributed by atoms with Crippen LogP contribution in [0.1, 0.15) is 12.5 Å². The summed E-state index contributed by atoms with van der Waals surface area (Å²) in [6, 6.07) is 7.40. The number of hydrogen-bond acceptors (Lipinski definition) is 5. The van der Waals surface area contributed by atoms with Crippen LogP contribution >= 0.6 is 23.4 Å². The second-order valence-corrected chi connectivity index (χ2v) is 7.43. The van der Waals surface area contributed by atoms with Crippen LogP contribution in [0.3, 0.4) is 0 Å². The van der Waals surface area contributed by atoms with Crippen LogP contribution in [0.5, 0.6) is 0 Å². The van der Waals surface area contributed by atoms with Gasteiger partial charge in [0, 0.05) is 18.1 Å². The number of carbonyl (C=O) groups is 2. The van der Waals surface area contributed by atoms with Gasteiger partial charge in [0.2, 0.25) is 11.8 Å². The molecular weight excluding hydrogens is 388 g/mol. The molecule has 7 nitrogen and oxygen atoms in total. The van der Waals surface area contributed by atoms with Crippen molar-refractivity contribution in [2.75, 3.05) is 23.7 Å². The van der Waals surface area contributed by atoms with Crippen LogP contribution in [0, 0.1) is 0 Å². The number of nitrogens with zero attached hydrogens (tertiary/aromatic N) is 3. The minimum Gasteiger partial charge on any atom is -0.354 e. The van der Waals surface area contributed by atoms with Crippen LogP contribution in [0.4, 0.5) is 5.69 Å². The molecule has 2 heterocycles. The summed E-state index contributed by atoms with van der Waals surface area (Å²) in [7, 11) is 0. The standard InChI is InChI=1S/C18H19ClN4O3S/c1-2-22-16(25)11-27-14-9-21-23(18(26)17(14)22)10-15(24)20-8-7-12-3-5-13(19)6-4-12/h3-6,9H,2,7-8,10-11H2,1H3,(H,20,24). The zero-order chi connectivity index (χ0) is 19.4. The normalized spacial score (nSPS) is 13.4. The van der Waals surface area contributed by atoms with E-state index in [0.717, 1.165) is 10.2 Å². The van der Waals surface area contributed by atoms with E-state index in [9.17, 15) is 14.4 Å². The van der Waals surface area contributed by atoms with Gasteiger partial charge in [0.1, 0.15) is 12.2 Å². The maximum Gasteiger partial charge on any atom is 0.292 e. The number of amides is 2. The predicted molar refractivity (Wildman–Crippen MR) is 105 cm³/mol. The minimum absolute atomic E-state index is 0.114. The molecule has 2 amide bonds. The number of halogens is 1. The predicted octanol–water partition coefficient (Wildman–Crippen LogP) is 1.71. The van der Waals surface area contributed by atoms with Gasteiger partial charge in [-0.2, -0.15) is 5.10 Å². The average Bonchev–Trinajstić information content (AvgIpc) is 2.66. The summed E-state index contributed by atoms with van der Waals surface area (Å²) < 4.78 is 1.10. The highest BCUT2D eigenvalue weighted by atomic mass is 35.5. The van der Waals surface area contributed by atoms with Crippen LogP contribution in [0.25, 0.3) is 0 Å². The fourth-order valence-electron chi connectivity index (χ4n) is 2.80. The number of benzene rings is 1. The molecule has 0 aliphatic carbocycles. The molecule has 0 saturated carbocycles. The van der Waals surface area contributed by atoms with Gasteiger partial charge in [-0.25, -0.2) is 4.68 Å². The lowest BCUT2D eigenvalue weighted by Gasteiger charge is -2.26. The number of fused-ring (bicyclic) bond motifs is 1. The zero-order valence-electron chi connectivity index (χ0n) is 14.8. The first kappa shape index (κ1) is 19.4. The molecule has 1 aromatic heterocycles. The van der Waals surface area contributed by atoms with E-state index in [4.69, 9.17) is 11.6 Å². The van der Waals surface area contributed by atoms with Crippen molar-refractivity contribution in [2.45, 2.75) is 24.8 Å². The molecule has 0 unspecified atom stereocenters. The molecule has 0 radical (unpaired) electrons. The molecule has 0 bridgehead atoms. The van der Waals surface area contributed by atoms with Crippen molar-refractivity contribution >= 4 is 40.9 Å². The van der Waals surface area contributed by atoms with Crippen molar-refractivity contribution in [3.63, 3.8) is 0 Å². The van der Waals surface area contributed by atoms with Crippen LogP contribution in [-0.2, 0) is 22.6 Å². The Morgan fingerprint density at radius 1 is 1.30 bits per heavy atom. The summed E-state index contributed by atoms with van der Waals surface area (Å²) in [4.78, 5) is 39.0. The Balaban J connectivity index is 1.64. The van der Waals surface area contributed by atoms with E-state index >= 15 is 0 Å². The van der Waals surface area contributed by atoms with Crippen molar-refractivity contribution in [3.05, 3.63) is 51.4 Å². The largest absolute Gasteiger partial charge is 0.354 e. The lowest BCUT2D eigenvalue weighted by Crippen LogP contribution is -2.42. The van der Waals surface area contributed by atoms with Crippen molar-refractivity contribution in [3.8, 4) is 0 Å². The van der Waals surface area contributed by atoms with Gasteiger partial charge in [-0.15, -0.1) is 11.8 Å². The first-order chi connectivity index (χ1) is 13.0. The van der Waals surface area contributed by atoms with Gasteiger partial charge in [-0.3, -0.25) is 14.4 Å². The smallest absolute Gasteiger partial charge is 0.292 e. The molecule has 1 N–H and O–H groups in total. The van der Waals surface area contributed by atoms with Crippen LogP contribution in [-0.4, -0.2) is 40.4 Å². The fraction of sp³-hybridized carbons (Fsp3) is 0.333. The van der Waals surface area contributed by atoms with E-state index in [1.54, 1.807) is 12.1 Å². The summed E-state index contributed by atoms with van der Waals surface area (Å²) in [5, 5.41) is 7.51. The summed E-state index contributed by atoms with van der Waals surface area (Å²) in [5.41, 5.74) is 0.934. The third-order valence-electron chi connectivity index (χ3n) is 4.17. The lowest BCUT2D eigenvalue weighted by atomic mass is 10.1. The highest BCUT2D eigenvalue weighted by Gasteiger charge is 2.28. The summed E-state index contributed by atoms with van der Waals surface area (Å²) in [6.07, 6.45) is 2.20. The zero-order valence-corrected chi connectivity index (χ0v) is 16.3. The van der Waals surface area contributed by atoms with Gasteiger partial charge >= 0.3 is 0 Å². The molecule has 1 aromatic carbocycles. The number of rotatable bonds is 6. The highest BCUT2D eigenvalue weighted by molar-refractivity contribution is 8.00. The number of carbonyl (C=O) groups excluding carboxylic acids is 2. The second kappa shape index (κ2) is 8.58. The summed E-state index contributed by atoms with van der Waals surface area (Å²) in [6.45, 7) is 2.46. The SMILES string of the molecule is CCN1C(=O)CSc2cnn(CC(=O)NCCc3ccc(Cl)cc3)c(=O)c21. The van der Waals surface area contributed by atoms with Crippen LogP contribution in [0.2, 0.25) is 5.02 Å².